The number of benzene rings is 2. The van der Waals surface area contributed by atoms with Crippen LogP contribution in [0.15, 0.2) is 40.9 Å². The number of nitrogens with zero attached hydrogens (tertiary/aromatic N) is 1. The van der Waals surface area contributed by atoms with Gasteiger partial charge in [-0.1, -0.05) is 45.2 Å². The highest BCUT2D eigenvalue weighted by molar-refractivity contribution is 9.10. The zero-order valence-corrected chi connectivity index (χ0v) is 15.1. The number of halogens is 4. The molecule has 1 amide bonds. The van der Waals surface area contributed by atoms with Gasteiger partial charge in [0.1, 0.15) is 6.04 Å². The number of carbonyl (C=O) groups is 1. The summed E-state index contributed by atoms with van der Waals surface area (Å²) in [5, 5.41) is 0.968. The predicted molar refractivity (Wildman–Crippen MR) is 96.0 cm³/mol. The van der Waals surface area contributed by atoms with E-state index in [1.165, 1.54) is 0 Å². The van der Waals surface area contributed by atoms with Gasteiger partial charge in [-0.25, -0.2) is 0 Å². The van der Waals surface area contributed by atoms with E-state index in [-0.39, 0.29) is 18.3 Å². The third-order valence-electron chi connectivity index (χ3n) is 3.47. The number of fused-ring (bicyclic) bond motifs is 1. The number of nitrogens with two attached hydrogens (primary N) is 1. The van der Waals surface area contributed by atoms with Crippen molar-refractivity contribution in [1.29, 1.82) is 0 Å². The molecule has 1 aliphatic rings. The fraction of sp³-hybridized carbons (Fsp3) is 0.133. The van der Waals surface area contributed by atoms with Gasteiger partial charge in [0, 0.05) is 15.7 Å². The van der Waals surface area contributed by atoms with Gasteiger partial charge in [0.15, 0.2) is 0 Å². The number of carbonyl (C=O) groups excluding carboxylic acids is 1. The van der Waals surface area contributed by atoms with Gasteiger partial charge < -0.3 is 10.6 Å². The molecule has 0 bridgehead atoms. The quantitative estimate of drug-likeness (QED) is 0.761. The van der Waals surface area contributed by atoms with E-state index in [0.29, 0.717) is 16.6 Å². The smallest absolute Gasteiger partial charge is 0.248 e. The Morgan fingerprint density at radius 2 is 1.86 bits per heavy atom. The summed E-state index contributed by atoms with van der Waals surface area (Å²) >= 11 is 15.3. The Hall–Kier alpha value is -0.780. The first-order valence-corrected chi connectivity index (χ1v) is 7.82. The lowest BCUT2D eigenvalue weighted by Crippen LogP contribution is -2.31. The van der Waals surface area contributed by atoms with Crippen LogP contribution in [0.2, 0.25) is 10.0 Å². The topological polar surface area (TPSA) is 46.3 Å². The standard InChI is InChI=1S/C15H11BrCl2N2O.ClH/c16-9-2-4-13-10(6-9)14(19)15(21)20(13)7-8-1-3-11(17)12(18)5-8;/h1-6,14H,7,19H2;1H. The molecular formula is C15H12BrCl3N2O. The largest absolute Gasteiger partial charge is 0.316 e. The molecule has 22 heavy (non-hydrogen) atoms. The molecule has 1 unspecified atom stereocenters. The lowest BCUT2D eigenvalue weighted by Gasteiger charge is -2.18. The molecule has 7 heteroatoms. The molecule has 0 saturated carbocycles. The minimum Gasteiger partial charge on any atom is -0.316 e. The zero-order chi connectivity index (χ0) is 15.1. The van der Waals surface area contributed by atoms with Crippen molar-refractivity contribution in [2.24, 2.45) is 5.73 Å². The van der Waals surface area contributed by atoms with Gasteiger partial charge >= 0.3 is 0 Å². The first-order valence-electron chi connectivity index (χ1n) is 6.27. The molecule has 1 aliphatic heterocycles. The Kier molecular flexibility index (Phi) is 5.41. The van der Waals surface area contributed by atoms with Crippen LogP contribution < -0.4 is 10.6 Å². The number of rotatable bonds is 2. The first-order chi connectivity index (χ1) is 9.97. The van der Waals surface area contributed by atoms with Crippen LogP contribution in [0.1, 0.15) is 17.2 Å². The fourth-order valence-electron chi connectivity index (χ4n) is 2.42. The van der Waals surface area contributed by atoms with Crippen molar-refractivity contribution in [2.45, 2.75) is 12.6 Å². The molecule has 1 atom stereocenters. The molecule has 1 heterocycles. The molecule has 2 aromatic rings. The van der Waals surface area contributed by atoms with Gasteiger partial charge in [-0.15, -0.1) is 12.4 Å². The van der Waals surface area contributed by atoms with Gasteiger partial charge in [0.05, 0.1) is 16.6 Å². The fourth-order valence-corrected chi connectivity index (χ4v) is 3.12. The van der Waals surface area contributed by atoms with Crippen LogP contribution in [0, 0.1) is 0 Å². The van der Waals surface area contributed by atoms with E-state index < -0.39 is 6.04 Å². The summed E-state index contributed by atoms with van der Waals surface area (Å²) < 4.78 is 0.904. The molecule has 2 aromatic carbocycles. The summed E-state index contributed by atoms with van der Waals surface area (Å²) in [6, 6.07) is 10.4. The van der Waals surface area contributed by atoms with E-state index in [4.69, 9.17) is 28.9 Å². The lowest BCUT2D eigenvalue weighted by atomic mass is 10.1. The van der Waals surface area contributed by atoms with Crippen molar-refractivity contribution in [3.05, 3.63) is 62.0 Å². The summed E-state index contributed by atoms with van der Waals surface area (Å²) in [6.45, 7) is 0.415. The van der Waals surface area contributed by atoms with Gasteiger partial charge in [-0.05, 0) is 35.9 Å². The van der Waals surface area contributed by atoms with Gasteiger partial charge in [0.25, 0.3) is 0 Å². The number of amides is 1. The molecule has 0 aromatic heterocycles. The van der Waals surface area contributed by atoms with E-state index >= 15 is 0 Å². The molecule has 2 N–H and O–H groups in total. The van der Waals surface area contributed by atoms with Gasteiger partial charge in [-0.2, -0.15) is 0 Å². The summed E-state index contributed by atoms with van der Waals surface area (Å²) in [7, 11) is 0. The summed E-state index contributed by atoms with van der Waals surface area (Å²) in [5.74, 6) is -0.117. The van der Waals surface area contributed by atoms with Crippen molar-refractivity contribution in [2.75, 3.05) is 4.90 Å². The van der Waals surface area contributed by atoms with E-state index in [1.54, 1.807) is 17.0 Å². The van der Waals surface area contributed by atoms with E-state index in [9.17, 15) is 4.79 Å². The Balaban J connectivity index is 0.00000176. The summed E-state index contributed by atoms with van der Waals surface area (Å²) in [5.41, 5.74) is 8.56. The highest BCUT2D eigenvalue weighted by Crippen LogP contribution is 2.37. The number of anilines is 1. The Morgan fingerprint density at radius 3 is 2.55 bits per heavy atom. The molecule has 3 rings (SSSR count). The van der Waals surface area contributed by atoms with Crippen LogP contribution in [-0.4, -0.2) is 5.91 Å². The molecule has 3 nitrogen and oxygen atoms in total. The average molecular weight is 423 g/mol. The van der Waals surface area contributed by atoms with Gasteiger partial charge in [0.2, 0.25) is 5.91 Å². The summed E-state index contributed by atoms with van der Waals surface area (Å²) in [4.78, 5) is 14.0. The van der Waals surface area contributed by atoms with E-state index in [1.807, 2.05) is 24.3 Å². The van der Waals surface area contributed by atoms with E-state index in [0.717, 1.165) is 21.3 Å². The molecule has 0 aliphatic carbocycles. The van der Waals surface area contributed by atoms with Crippen LogP contribution in [0.5, 0.6) is 0 Å². The summed E-state index contributed by atoms with van der Waals surface area (Å²) in [6.07, 6.45) is 0. The highest BCUT2D eigenvalue weighted by atomic mass is 79.9. The van der Waals surface area contributed by atoms with Crippen molar-refractivity contribution in [3.8, 4) is 0 Å². The minimum atomic E-state index is -0.625. The van der Waals surface area contributed by atoms with Crippen LogP contribution in [0.4, 0.5) is 5.69 Å². The van der Waals surface area contributed by atoms with Crippen molar-refractivity contribution >= 4 is 63.1 Å². The van der Waals surface area contributed by atoms with Crippen molar-refractivity contribution in [3.63, 3.8) is 0 Å². The van der Waals surface area contributed by atoms with Crippen molar-refractivity contribution in [1.82, 2.24) is 0 Å². The molecule has 0 fully saturated rings. The van der Waals surface area contributed by atoms with Gasteiger partial charge in [-0.3, -0.25) is 4.79 Å². The minimum absolute atomic E-state index is 0. The van der Waals surface area contributed by atoms with Crippen molar-refractivity contribution < 1.29 is 4.79 Å². The maximum Gasteiger partial charge on any atom is 0.248 e. The molecule has 0 spiro atoms. The third kappa shape index (κ3) is 3.12. The van der Waals surface area contributed by atoms with Crippen LogP contribution in [-0.2, 0) is 11.3 Å². The highest BCUT2D eigenvalue weighted by Gasteiger charge is 2.34. The maximum absolute atomic E-state index is 12.4. The third-order valence-corrected chi connectivity index (χ3v) is 4.70. The molecule has 0 radical (unpaired) electrons. The molecule has 116 valence electrons. The molecule has 0 saturated heterocycles. The Bertz CT molecular complexity index is 739. The van der Waals surface area contributed by atoms with E-state index in [2.05, 4.69) is 15.9 Å². The normalized spacial score (nSPS) is 16.5. The van der Waals surface area contributed by atoms with Crippen LogP contribution in [0.25, 0.3) is 0 Å². The monoisotopic (exact) mass is 420 g/mol. The predicted octanol–water partition coefficient (Wildman–Crippen LogP) is 4.72. The zero-order valence-electron chi connectivity index (χ0n) is 11.2. The first kappa shape index (κ1) is 17.6. The number of hydrogen-bond donors (Lipinski definition) is 1. The average Bonchev–Trinajstić information content (AvgIpc) is 2.68. The van der Waals surface area contributed by atoms with Crippen LogP contribution in [0.3, 0.4) is 0 Å². The Labute approximate surface area is 152 Å². The Morgan fingerprint density at radius 1 is 1.14 bits per heavy atom. The maximum atomic E-state index is 12.4. The second-order valence-electron chi connectivity index (χ2n) is 4.85. The second kappa shape index (κ2) is 6.77. The molecular weight excluding hydrogens is 410 g/mol. The second-order valence-corrected chi connectivity index (χ2v) is 6.58. The lowest BCUT2D eigenvalue weighted by molar-refractivity contribution is -0.119. The number of hydrogen-bond acceptors (Lipinski definition) is 2. The SMILES string of the molecule is Cl.NC1C(=O)N(Cc2ccc(Cl)c(Cl)c2)c2ccc(Br)cc21. The van der Waals surface area contributed by atoms with Crippen LogP contribution >= 0.6 is 51.5 Å².